The number of halogens is 1. The average Bonchev–Trinajstić information content (AvgIpc) is 3.23. The molecule has 4 nitrogen and oxygen atoms in total. The van der Waals surface area contributed by atoms with Gasteiger partial charge in [-0.3, -0.25) is 0 Å². The lowest BCUT2D eigenvalue weighted by molar-refractivity contribution is 0.669. The van der Waals surface area contributed by atoms with Crippen LogP contribution in [0.3, 0.4) is 0 Å². The summed E-state index contributed by atoms with van der Waals surface area (Å²) in [7, 11) is 0. The third-order valence-corrected chi connectivity index (χ3v) is 5.67. The number of fused-ring (bicyclic) bond motifs is 3. The van der Waals surface area contributed by atoms with Gasteiger partial charge < -0.3 is 4.42 Å². The highest BCUT2D eigenvalue weighted by atomic mass is 35.5. The van der Waals surface area contributed by atoms with Crippen LogP contribution >= 0.6 is 11.6 Å². The van der Waals surface area contributed by atoms with Crippen molar-refractivity contribution in [1.82, 2.24) is 15.0 Å². The van der Waals surface area contributed by atoms with Crippen LogP contribution < -0.4 is 0 Å². The fourth-order valence-corrected chi connectivity index (χ4v) is 4.13. The molecule has 0 fully saturated rings. The summed E-state index contributed by atoms with van der Waals surface area (Å²) in [5, 5.41) is 2.22. The molecule has 0 aliphatic carbocycles. The van der Waals surface area contributed by atoms with E-state index in [1.807, 2.05) is 72.8 Å². The molecule has 0 N–H and O–H groups in total. The van der Waals surface area contributed by atoms with Crippen LogP contribution in [0.4, 0.5) is 0 Å². The van der Waals surface area contributed by atoms with Crippen molar-refractivity contribution in [2.45, 2.75) is 0 Å². The molecule has 0 saturated heterocycles. The normalized spacial score (nSPS) is 11.3. The van der Waals surface area contributed by atoms with E-state index in [2.05, 4.69) is 34.2 Å². The van der Waals surface area contributed by atoms with Crippen LogP contribution in [0.1, 0.15) is 0 Å². The largest absolute Gasteiger partial charge is 0.455 e. The maximum atomic E-state index is 6.31. The van der Waals surface area contributed by atoms with Gasteiger partial charge in [-0.1, -0.05) is 84.9 Å². The van der Waals surface area contributed by atoms with Gasteiger partial charge in [0, 0.05) is 16.3 Å². The van der Waals surface area contributed by atoms with Crippen molar-refractivity contribution in [3.05, 3.63) is 102 Å². The summed E-state index contributed by atoms with van der Waals surface area (Å²) in [6.07, 6.45) is 0. The van der Waals surface area contributed by atoms with E-state index in [0.29, 0.717) is 11.6 Å². The van der Waals surface area contributed by atoms with Crippen molar-refractivity contribution in [2.75, 3.05) is 0 Å². The molecule has 0 aliphatic heterocycles. The van der Waals surface area contributed by atoms with E-state index < -0.39 is 0 Å². The van der Waals surface area contributed by atoms with E-state index in [1.54, 1.807) is 0 Å². The molecule has 0 amide bonds. The first-order valence-electron chi connectivity index (χ1n) is 10.2. The van der Waals surface area contributed by atoms with E-state index in [-0.39, 0.29) is 5.28 Å². The van der Waals surface area contributed by atoms with Gasteiger partial charge in [-0.05, 0) is 34.9 Å². The Hall–Kier alpha value is -4.02. The lowest BCUT2D eigenvalue weighted by atomic mass is 10.0. The predicted octanol–water partition coefficient (Wildman–Crippen LogP) is 7.43. The fourth-order valence-electron chi connectivity index (χ4n) is 3.97. The topological polar surface area (TPSA) is 51.8 Å². The number of hydrogen-bond donors (Lipinski definition) is 0. The van der Waals surface area contributed by atoms with Crippen molar-refractivity contribution in [2.24, 2.45) is 0 Å². The number of para-hydroxylation sites is 2. The summed E-state index contributed by atoms with van der Waals surface area (Å²) in [4.78, 5) is 13.5. The Morgan fingerprint density at radius 2 is 1.19 bits per heavy atom. The first kappa shape index (κ1) is 18.7. The molecule has 0 unspecified atom stereocenters. The highest BCUT2D eigenvalue weighted by Gasteiger charge is 2.16. The van der Waals surface area contributed by atoms with Gasteiger partial charge in [0.05, 0.1) is 5.56 Å². The van der Waals surface area contributed by atoms with Gasteiger partial charge in [0.1, 0.15) is 11.2 Å². The van der Waals surface area contributed by atoms with Crippen LogP contribution in [0.5, 0.6) is 0 Å². The van der Waals surface area contributed by atoms with Crippen molar-refractivity contribution in [1.29, 1.82) is 0 Å². The minimum absolute atomic E-state index is 0.144. The number of rotatable bonds is 3. The van der Waals surface area contributed by atoms with Crippen LogP contribution in [-0.4, -0.2) is 15.0 Å². The molecule has 5 heteroatoms. The van der Waals surface area contributed by atoms with Crippen LogP contribution in [0.15, 0.2) is 101 Å². The van der Waals surface area contributed by atoms with Crippen LogP contribution in [0.2, 0.25) is 5.28 Å². The maximum absolute atomic E-state index is 6.31. The fraction of sp³-hybridized carbons (Fsp3) is 0. The number of nitrogens with zero attached hydrogens (tertiary/aromatic N) is 3. The number of furan rings is 1. The van der Waals surface area contributed by atoms with Crippen LogP contribution in [0, 0.1) is 0 Å². The second-order valence-corrected chi connectivity index (χ2v) is 7.81. The molecular weight excluding hydrogens is 418 g/mol. The lowest BCUT2D eigenvalue weighted by Gasteiger charge is -2.07. The summed E-state index contributed by atoms with van der Waals surface area (Å²) in [5.41, 5.74) is 5.50. The molecule has 0 spiro atoms. The Morgan fingerprint density at radius 1 is 0.531 bits per heavy atom. The molecule has 2 heterocycles. The first-order valence-corrected chi connectivity index (χ1v) is 10.6. The Bertz CT molecular complexity index is 1570. The highest BCUT2D eigenvalue weighted by molar-refractivity contribution is 6.28. The van der Waals surface area contributed by atoms with Crippen molar-refractivity contribution >= 4 is 33.5 Å². The van der Waals surface area contributed by atoms with Crippen LogP contribution in [-0.2, 0) is 0 Å². The molecule has 0 radical (unpaired) electrons. The van der Waals surface area contributed by atoms with E-state index in [1.165, 1.54) is 0 Å². The van der Waals surface area contributed by atoms with Crippen LogP contribution in [0.25, 0.3) is 55.8 Å². The summed E-state index contributed by atoms with van der Waals surface area (Å²) in [6, 6.07) is 32.3. The first-order chi connectivity index (χ1) is 15.8. The van der Waals surface area contributed by atoms with Gasteiger partial charge in [-0.2, -0.15) is 9.97 Å². The molecule has 0 saturated carbocycles. The summed E-state index contributed by atoms with van der Waals surface area (Å²) in [5.74, 6) is 1.00. The molecule has 6 aromatic rings. The maximum Gasteiger partial charge on any atom is 0.226 e. The summed E-state index contributed by atoms with van der Waals surface area (Å²) < 4.78 is 6.14. The smallest absolute Gasteiger partial charge is 0.226 e. The van der Waals surface area contributed by atoms with E-state index >= 15 is 0 Å². The van der Waals surface area contributed by atoms with Gasteiger partial charge in [0.2, 0.25) is 5.28 Å². The van der Waals surface area contributed by atoms with Gasteiger partial charge in [0.15, 0.2) is 11.6 Å². The third kappa shape index (κ3) is 3.22. The Labute approximate surface area is 189 Å². The Morgan fingerprint density at radius 3 is 2.03 bits per heavy atom. The molecule has 0 bridgehead atoms. The van der Waals surface area contributed by atoms with Gasteiger partial charge in [0.25, 0.3) is 0 Å². The second-order valence-electron chi connectivity index (χ2n) is 7.48. The van der Waals surface area contributed by atoms with Gasteiger partial charge >= 0.3 is 0 Å². The minimum atomic E-state index is 0.144. The molecule has 4 aromatic carbocycles. The molecular formula is C27H16ClN3O. The zero-order valence-electron chi connectivity index (χ0n) is 16.9. The lowest BCUT2D eigenvalue weighted by Crippen LogP contribution is -1.97. The van der Waals surface area contributed by atoms with Gasteiger partial charge in [-0.15, -0.1) is 0 Å². The number of benzene rings is 4. The average molecular weight is 434 g/mol. The molecule has 0 atom stereocenters. The second kappa shape index (κ2) is 7.59. The monoisotopic (exact) mass is 433 g/mol. The predicted molar refractivity (Wildman–Crippen MR) is 128 cm³/mol. The quantitative estimate of drug-likeness (QED) is 0.291. The van der Waals surface area contributed by atoms with E-state index in [9.17, 15) is 0 Å². The molecule has 152 valence electrons. The van der Waals surface area contributed by atoms with Crippen molar-refractivity contribution in [3.8, 4) is 33.9 Å². The standard InChI is InChI=1S/C27H16ClN3O/c28-27-30-25(19-15-13-18(14-16-19)17-7-2-1-3-8-17)29-26(31-27)22-11-6-10-21-20-9-4-5-12-23(20)32-24(21)22/h1-16H. The number of hydrogen-bond acceptors (Lipinski definition) is 4. The zero-order chi connectivity index (χ0) is 21.5. The molecule has 32 heavy (non-hydrogen) atoms. The minimum Gasteiger partial charge on any atom is -0.455 e. The SMILES string of the molecule is Clc1nc(-c2ccc(-c3ccccc3)cc2)nc(-c2cccc3c2oc2ccccc23)n1. The summed E-state index contributed by atoms with van der Waals surface area (Å²) >= 11 is 6.31. The number of aromatic nitrogens is 3. The van der Waals surface area contributed by atoms with E-state index in [0.717, 1.165) is 44.2 Å². The van der Waals surface area contributed by atoms with E-state index in [4.69, 9.17) is 21.0 Å². The molecule has 6 rings (SSSR count). The molecule has 0 aliphatic rings. The van der Waals surface area contributed by atoms with Gasteiger partial charge in [-0.25, -0.2) is 4.98 Å². The van der Waals surface area contributed by atoms with Crippen molar-refractivity contribution < 1.29 is 4.42 Å². The Balaban J connectivity index is 1.46. The molecule has 2 aromatic heterocycles. The third-order valence-electron chi connectivity index (χ3n) is 5.50. The highest BCUT2D eigenvalue weighted by Crippen LogP contribution is 2.35. The van der Waals surface area contributed by atoms with Crippen molar-refractivity contribution in [3.63, 3.8) is 0 Å². The summed E-state index contributed by atoms with van der Waals surface area (Å²) in [6.45, 7) is 0. The zero-order valence-corrected chi connectivity index (χ0v) is 17.6. The Kier molecular flexibility index (Phi) is 4.44.